The maximum Gasteiger partial charge on any atom is 0.337 e. The summed E-state index contributed by atoms with van der Waals surface area (Å²) in [5.41, 5.74) is 1.46. The highest BCUT2D eigenvalue weighted by atomic mass is 79.9. The lowest BCUT2D eigenvalue weighted by Gasteiger charge is -2.10. The van der Waals surface area contributed by atoms with Crippen LogP contribution in [0, 0.1) is 0 Å². The molecule has 0 radical (unpaired) electrons. The SMILES string of the molecule is COC(=O)c1ccc(COc2ccccc2Br)c(Br)c1. The summed E-state index contributed by atoms with van der Waals surface area (Å²) in [4.78, 5) is 11.4. The number of rotatable bonds is 4. The summed E-state index contributed by atoms with van der Waals surface area (Å²) in [6, 6.07) is 12.9. The number of methoxy groups -OCH3 is 1. The van der Waals surface area contributed by atoms with Crippen molar-refractivity contribution in [1.82, 2.24) is 0 Å². The van der Waals surface area contributed by atoms with E-state index in [4.69, 9.17) is 4.74 Å². The summed E-state index contributed by atoms with van der Waals surface area (Å²) < 4.78 is 12.1. The first-order valence-electron chi connectivity index (χ1n) is 5.86. The van der Waals surface area contributed by atoms with Crippen molar-refractivity contribution in [2.45, 2.75) is 6.61 Å². The van der Waals surface area contributed by atoms with Gasteiger partial charge in [-0.1, -0.05) is 34.1 Å². The van der Waals surface area contributed by atoms with Crippen LogP contribution in [-0.4, -0.2) is 13.1 Å². The molecule has 0 N–H and O–H groups in total. The highest BCUT2D eigenvalue weighted by molar-refractivity contribution is 9.10. The molecule has 2 aromatic carbocycles. The van der Waals surface area contributed by atoms with E-state index in [9.17, 15) is 4.79 Å². The molecule has 0 saturated heterocycles. The fourth-order valence-corrected chi connectivity index (χ4v) is 2.52. The number of carbonyl (C=O) groups excluding carboxylic acids is 1. The summed E-state index contributed by atoms with van der Waals surface area (Å²) in [6.07, 6.45) is 0. The van der Waals surface area contributed by atoms with Crippen LogP contribution >= 0.6 is 31.9 Å². The molecule has 0 fully saturated rings. The van der Waals surface area contributed by atoms with Crippen LogP contribution in [0.25, 0.3) is 0 Å². The van der Waals surface area contributed by atoms with Crippen molar-refractivity contribution < 1.29 is 14.3 Å². The Kier molecular flexibility index (Phi) is 5.20. The monoisotopic (exact) mass is 398 g/mol. The summed E-state index contributed by atoms with van der Waals surface area (Å²) in [5.74, 6) is 0.417. The number of ether oxygens (including phenoxy) is 2. The van der Waals surface area contributed by atoms with Crippen molar-refractivity contribution >= 4 is 37.8 Å². The maximum atomic E-state index is 11.4. The molecular formula is C15H12Br2O3. The zero-order valence-corrected chi connectivity index (χ0v) is 13.9. The van der Waals surface area contributed by atoms with Gasteiger partial charge in [0.2, 0.25) is 0 Å². The molecular weight excluding hydrogens is 388 g/mol. The number of carbonyl (C=O) groups is 1. The molecule has 2 aromatic rings. The molecule has 104 valence electrons. The third-order valence-electron chi connectivity index (χ3n) is 2.69. The molecule has 0 atom stereocenters. The van der Waals surface area contributed by atoms with Gasteiger partial charge in [-0.25, -0.2) is 4.79 Å². The van der Waals surface area contributed by atoms with Crippen LogP contribution in [0.4, 0.5) is 0 Å². The molecule has 2 rings (SSSR count). The topological polar surface area (TPSA) is 35.5 Å². The Labute approximate surface area is 134 Å². The van der Waals surface area contributed by atoms with Crippen LogP contribution in [0.15, 0.2) is 51.4 Å². The molecule has 0 spiro atoms. The summed E-state index contributed by atoms with van der Waals surface area (Å²) in [7, 11) is 1.36. The Morgan fingerprint density at radius 2 is 1.85 bits per heavy atom. The van der Waals surface area contributed by atoms with E-state index < -0.39 is 0 Å². The van der Waals surface area contributed by atoms with Gasteiger partial charge in [-0.3, -0.25) is 0 Å². The lowest BCUT2D eigenvalue weighted by Crippen LogP contribution is -2.03. The van der Waals surface area contributed by atoms with E-state index in [0.717, 1.165) is 20.3 Å². The van der Waals surface area contributed by atoms with Crippen molar-refractivity contribution in [1.29, 1.82) is 0 Å². The molecule has 0 aliphatic heterocycles. The smallest absolute Gasteiger partial charge is 0.337 e. The number of benzene rings is 2. The van der Waals surface area contributed by atoms with Crippen LogP contribution in [0.2, 0.25) is 0 Å². The highest BCUT2D eigenvalue weighted by Gasteiger charge is 2.09. The van der Waals surface area contributed by atoms with Crippen molar-refractivity contribution in [3.8, 4) is 5.75 Å². The van der Waals surface area contributed by atoms with Crippen LogP contribution in [0.3, 0.4) is 0 Å². The largest absolute Gasteiger partial charge is 0.488 e. The van der Waals surface area contributed by atoms with Crippen molar-refractivity contribution in [3.63, 3.8) is 0 Å². The van der Waals surface area contributed by atoms with E-state index >= 15 is 0 Å². The van der Waals surface area contributed by atoms with Crippen LogP contribution in [0.5, 0.6) is 5.75 Å². The minimum absolute atomic E-state index is 0.357. The standard InChI is InChI=1S/C15H12Br2O3/c1-19-15(18)10-6-7-11(13(17)8-10)9-20-14-5-3-2-4-12(14)16/h2-8H,9H2,1H3. The fourth-order valence-electron chi connectivity index (χ4n) is 1.63. The first-order chi connectivity index (χ1) is 9.61. The minimum Gasteiger partial charge on any atom is -0.488 e. The van der Waals surface area contributed by atoms with Gasteiger partial charge in [0.1, 0.15) is 12.4 Å². The first kappa shape index (κ1) is 15.1. The molecule has 3 nitrogen and oxygen atoms in total. The van der Waals surface area contributed by atoms with Gasteiger partial charge in [0.15, 0.2) is 0 Å². The average Bonchev–Trinajstić information content (AvgIpc) is 2.46. The lowest BCUT2D eigenvalue weighted by molar-refractivity contribution is 0.0600. The number of hydrogen-bond acceptors (Lipinski definition) is 3. The van der Waals surface area contributed by atoms with Crippen LogP contribution in [-0.2, 0) is 11.3 Å². The third kappa shape index (κ3) is 3.61. The molecule has 0 aliphatic carbocycles. The normalized spacial score (nSPS) is 10.2. The number of esters is 1. The van der Waals surface area contributed by atoms with Gasteiger partial charge in [-0.15, -0.1) is 0 Å². The van der Waals surface area contributed by atoms with Gasteiger partial charge in [0, 0.05) is 10.0 Å². The second-order valence-corrected chi connectivity index (χ2v) is 5.73. The van der Waals surface area contributed by atoms with Gasteiger partial charge >= 0.3 is 5.97 Å². The van der Waals surface area contributed by atoms with E-state index in [1.807, 2.05) is 30.3 Å². The zero-order valence-electron chi connectivity index (χ0n) is 10.7. The van der Waals surface area contributed by atoms with Crippen molar-refractivity contribution in [3.05, 3.63) is 62.5 Å². The zero-order chi connectivity index (χ0) is 14.5. The lowest BCUT2D eigenvalue weighted by atomic mass is 10.1. The quantitative estimate of drug-likeness (QED) is 0.706. The molecule has 0 aromatic heterocycles. The number of halogens is 2. The van der Waals surface area contributed by atoms with Crippen LogP contribution < -0.4 is 4.74 Å². The van der Waals surface area contributed by atoms with E-state index in [-0.39, 0.29) is 5.97 Å². The molecule has 0 bridgehead atoms. The van der Waals surface area contributed by atoms with Gasteiger partial charge in [-0.2, -0.15) is 0 Å². The molecule has 0 saturated carbocycles. The van der Waals surface area contributed by atoms with Gasteiger partial charge in [-0.05, 0) is 40.2 Å². The second kappa shape index (κ2) is 6.90. The van der Waals surface area contributed by atoms with Gasteiger partial charge in [0.25, 0.3) is 0 Å². The third-order valence-corrected chi connectivity index (χ3v) is 4.09. The van der Waals surface area contributed by atoms with Crippen molar-refractivity contribution in [2.75, 3.05) is 7.11 Å². The summed E-state index contributed by atoms with van der Waals surface area (Å²) in [6.45, 7) is 0.407. The second-order valence-electron chi connectivity index (χ2n) is 4.02. The summed E-state index contributed by atoms with van der Waals surface area (Å²) >= 11 is 6.87. The molecule has 0 heterocycles. The van der Waals surface area contributed by atoms with Crippen LogP contribution in [0.1, 0.15) is 15.9 Å². The van der Waals surface area contributed by atoms with E-state index in [2.05, 4.69) is 36.6 Å². The Morgan fingerprint density at radius 3 is 2.50 bits per heavy atom. The molecule has 0 amide bonds. The Morgan fingerprint density at radius 1 is 1.10 bits per heavy atom. The maximum absolute atomic E-state index is 11.4. The summed E-state index contributed by atoms with van der Waals surface area (Å²) in [5, 5.41) is 0. The van der Waals surface area contributed by atoms with E-state index in [0.29, 0.717) is 12.2 Å². The first-order valence-corrected chi connectivity index (χ1v) is 7.44. The molecule has 0 unspecified atom stereocenters. The fraction of sp³-hybridized carbons (Fsp3) is 0.133. The van der Waals surface area contributed by atoms with E-state index in [1.165, 1.54) is 7.11 Å². The number of hydrogen-bond donors (Lipinski definition) is 0. The minimum atomic E-state index is -0.357. The predicted molar refractivity (Wildman–Crippen MR) is 84.0 cm³/mol. The highest BCUT2D eigenvalue weighted by Crippen LogP contribution is 2.26. The van der Waals surface area contributed by atoms with E-state index in [1.54, 1.807) is 12.1 Å². The number of para-hydroxylation sites is 1. The Hall–Kier alpha value is -1.33. The van der Waals surface area contributed by atoms with Crippen molar-refractivity contribution in [2.24, 2.45) is 0 Å². The van der Waals surface area contributed by atoms with Gasteiger partial charge < -0.3 is 9.47 Å². The Bertz CT molecular complexity index is 626. The predicted octanol–water partition coefficient (Wildman–Crippen LogP) is 4.58. The average molecular weight is 400 g/mol. The Balaban J connectivity index is 2.11. The molecule has 0 aliphatic rings. The molecule has 20 heavy (non-hydrogen) atoms. The molecule has 5 heteroatoms. The van der Waals surface area contributed by atoms with Gasteiger partial charge in [0.05, 0.1) is 17.1 Å².